The Hall–Kier alpha value is -1.35. The van der Waals surface area contributed by atoms with Gasteiger partial charge < -0.3 is 9.84 Å². The Labute approximate surface area is 183 Å². The van der Waals surface area contributed by atoms with Gasteiger partial charge in [-0.3, -0.25) is 9.69 Å². The topological polar surface area (TPSA) is 49.8 Å². The van der Waals surface area contributed by atoms with Crippen LogP contribution in [-0.4, -0.2) is 26.8 Å². The quantitative estimate of drug-likeness (QED) is 0.397. The van der Waals surface area contributed by atoms with Crippen molar-refractivity contribution in [1.29, 1.82) is 0 Å². The molecule has 1 aliphatic rings. The molecule has 140 valence electrons. The molecule has 8 heteroatoms. The first-order valence-electron chi connectivity index (χ1n) is 8.05. The summed E-state index contributed by atoms with van der Waals surface area (Å²) < 4.78 is 7.10. The van der Waals surface area contributed by atoms with Crippen LogP contribution in [0.1, 0.15) is 18.1 Å². The standard InChI is InChI=1S/C19H15Br2NO3S2/c1-2-25-13-8-12(15(20)16(21)17(13)23)9-14-18(24)22(19(26)27-14)10-11-6-4-3-5-7-11/h3-9,23H,2,10H2,1H3. The zero-order chi connectivity index (χ0) is 19.6. The van der Waals surface area contributed by atoms with Crippen molar-refractivity contribution in [2.45, 2.75) is 13.5 Å². The van der Waals surface area contributed by atoms with Gasteiger partial charge in [0.1, 0.15) is 4.32 Å². The van der Waals surface area contributed by atoms with Gasteiger partial charge in [-0.1, -0.05) is 54.3 Å². The number of nitrogens with zero attached hydrogens (tertiary/aromatic N) is 1. The Kier molecular flexibility index (Phi) is 6.62. The highest BCUT2D eigenvalue weighted by molar-refractivity contribution is 9.13. The van der Waals surface area contributed by atoms with Gasteiger partial charge in [0.15, 0.2) is 11.5 Å². The zero-order valence-corrected chi connectivity index (χ0v) is 19.0. The highest BCUT2D eigenvalue weighted by Gasteiger charge is 2.32. The molecule has 0 bridgehead atoms. The van der Waals surface area contributed by atoms with E-state index in [-0.39, 0.29) is 11.7 Å². The van der Waals surface area contributed by atoms with Gasteiger partial charge in [-0.2, -0.15) is 0 Å². The second-order valence-electron chi connectivity index (χ2n) is 5.63. The fraction of sp³-hybridized carbons (Fsp3) is 0.158. The summed E-state index contributed by atoms with van der Waals surface area (Å²) >= 11 is 13.5. The number of hydrogen-bond acceptors (Lipinski definition) is 5. The van der Waals surface area contributed by atoms with Gasteiger partial charge in [-0.25, -0.2) is 0 Å². The number of aromatic hydroxyl groups is 1. The third kappa shape index (κ3) is 4.39. The lowest BCUT2D eigenvalue weighted by Gasteiger charge is -2.14. The van der Waals surface area contributed by atoms with E-state index in [0.717, 1.165) is 5.56 Å². The minimum atomic E-state index is -0.136. The number of thiocarbonyl (C=S) groups is 1. The van der Waals surface area contributed by atoms with Crippen LogP contribution in [0.2, 0.25) is 0 Å². The smallest absolute Gasteiger partial charge is 0.266 e. The van der Waals surface area contributed by atoms with Crippen molar-refractivity contribution in [3.63, 3.8) is 0 Å². The number of phenols is 1. The van der Waals surface area contributed by atoms with Crippen LogP contribution in [0.25, 0.3) is 6.08 Å². The van der Waals surface area contributed by atoms with Gasteiger partial charge in [-0.15, -0.1) is 0 Å². The molecule has 2 aromatic rings. The molecule has 2 aromatic carbocycles. The molecule has 1 saturated heterocycles. The summed E-state index contributed by atoms with van der Waals surface area (Å²) in [6, 6.07) is 11.4. The lowest BCUT2D eigenvalue weighted by atomic mass is 10.1. The van der Waals surface area contributed by atoms with Crippen LogP contribution in [0.4, 0.5) is 0 Å². The van der Waals surface area contributed by atoms with E-state index in [4.69, 9.17) is 17.0 Å². The Bertz CT molecular complexity index is 932. The summed E-state index contributed by atoms with van der Waals surface area (Å²) in [4.78, 5) is 15.0. The lowest BCUT2D eigenvalue weighted by molar-refractivity contribution is -0.122. The number of carbonyl (C=O) groups is 1. The molecule has 1 N–H and O–H groups in total. The largest absolute Gasteiger partial charge is 0.503 e. The lowest BCUT2D eigenvalue weighted by Crippen LogP contribution is -2.27. The molecule has 0 radical (unpaired) electrons. The average Bonchev–Trinajstić information content (AvgIpc) is 2.92. The van der Waals surface area contributed by atoms with Crippen LogP contribution in [0, 0.1) is 0 Å². The molecule has 0 aliphatic carbocycles. The van der Waals surface area contributed by atoms with E-state index in [2.05, 4.69) is 31.9 Å². The van der Waals surface area contributed by atoms with Gasteiger partial charge in [0.25, 0.3) is 5.91 Å². The molecule has 0 saturated carbocycles. The molecule has 1 heterocycles. The van der Waals surface area contributed by atoms with E-state index in [1.54, 1.807) is 17.0 Å². The second kappa shape index (κ2) is 8.77. The number of ether oxygens (including phenoxy) is 1. The van der Waals surface area contributed by atoms with Crippen LogP contribution in [0.3, 0.4) is 0 Å². The van der Waals surface area contributed by atoms with Crippen molar-refractivity contribution >= 4 is 72.1 Å². The number of hydrogen-bond donors (Lipinski definition) is 1. The normalized spacial score (nSPS) is 15.7. The summed E-state index contributed by atoms with van der Waals surface area (Å²) in [5.41, 5.74) is 1.73. The van der Waals surface area contributed by atoms with Crippen LogP contribution in [-0.2, 0) is 11.3 Å². The third-order valence-corrected chi connectivity index (χ3v) is 7.35. The van der Waals surface area contributed by atoms with Crippen LogP contribution in [0.5, 0.6) is 11.5 Å². The molecular weight excluding hydrogens is 514 g/mol. The Morgan fingerprint density at radius 1 is 1.26 bits per heavy atom. The van der Waals surface area contributed by atoms with E-state index in [1.165, 1.54) is 11.8 Å². The molecule has 1 aliphatic heterocycles. The molecule has 0 aromatic heterocycles. The summed E-state index contributed by atoms with van der Waals surface area (Å²) in [5.74, 6) is 0.221. The predicted molar refractivity (Wildman–Crippen MR) is 120 cm³/mol. The molecule has 0 unspecified atom stereocenters. The molecular formula is C19H15Br2NO3S2. The van der Waals surface area contributed by atoms with E-state index < -0.39 is 0 Å². The fourth-order valence-corrected chi connectivity index (χ4v) is 4.61. The second-order valence-corrected chi connectivity index (χ2v) is 8.89. The summed E-state index contributed by atoms with van der Waals surface area (Å²) in [5, 5.41) is 10.2. The molecule has 3 rings (SSSR count). The zero-order valence-electron chi connectivity index (χ0n) is 14.2. The molecule has 0 spiro atoms. The predicted octanol–water partition coefficient (Wildman–Crippen LogP) is 5.72. The number of rotatable bonds is 5. The third-order valence-electron chi connectivity index (χ3n) is 3.82. The summed E-state index contributed by atoms with van der Waals surface area (Å²) in [6.45, 7) is 2.69. The van der Waals surface area contributed by atoms with Gasteiger partial charge in [0, 0.05) is 4.47 Å². The summed E-state index contributed by atoms with van der Waals surface area (Å²) in [6.07, 6.45) is 1.75. The van der Waals surface area contributed by atoms with E-state index in [9.17, 15) is 9.90 Å². The number of amides is 1. The van der Waals surface area contributed by atoms with Crippen molar-refractivity contribution < 1.29 is 14.6 Å². The maximum Gasteiger partial charge on any atom is 0.266 e. The van der Waals surface area contributed by atoms with E-state index in [1.807, 2.05) is 37.3 Å². The van der Waals surface area contributed by atoms with Crippen molar-refractivity contribution in [2.24, 2.45) is 0 Å². The van der Waals surface area contributed by atoms with Gasteiger partial charge in [-0.05, 0) is 62.1 Å². The highest BCUT2D eigenvalue weighted by Crippen LogP contribution is 2.44. The fourth-order valence-electron chi connectivity index (χ4n) is 2.53. The number of phenolic OH excluding ortho intramolecular Hbond substituents is 1. The monoisotopic (exact) mass is 527 g/mol. The van der Waals surface area contributed by atoms with Gasteiger partial charge >= 0.3 is 0 Å². The van der Waals surface area contributed by atoms with Crippen molar-refractivity contribution in [3.8, 4) is 11.5 Å². The first kappa shape index (κ1) is 20.4. The van der Waals surface area contributed by atoms with Crippen molar-refractivity contribution in [1.82, 2.24) is 4.90 Å². The first-order valence-corrected chi connectivity index (χ1v) is 10.9. The van der Waals surface area contributed by atoms with E-state index in [0.29, 0.717) is 42.6 Å². The molecule has 0 atom stereocenters. The Morgan fingerprint density at radius 3 is 2.63 bits per heavy atom. The number of thioether (sulfide) groups is 1. The van der Waals surface area contributed by atoms with Crippen molar-refractivity contribution in [2.75, 3.05) is 6.61 Å². The van der Waals surface area contributed by atoms with E-state index >= 15 is 0 Å². The van der Waals surface area contributed by atoms with Crippen LogP contribution < -0.4 is 4.74 Å². The average molecular weight is 529 g/mol. The number of carbonyl (C=O) groups excluding carboxylic acids is 1. The van der Waals surface area contributed by atoms with Gasteiger partial charge in [0.05, 0.1) is 22.5 Å². The van der Waals surface area contributed by atoms with Crippen molar-refractivity contribution in [3.05, 3.63) is 61.4 Å². The summed E-state index contributed by atoms with van der Waals surface area (Å²) in [7, 11) is 0. The maximum absolute atomic E-state index is 12.8. The molecule has 1 amide bonds. The molecule has 27 heavy (non-hydrogen) atoms. The number of benzene rings is 2. The minimum absolute atomic E-state index is 0.0116. The van der Waals surface area contributed by atoms with Crippen LogP contribution >= 0.6 is 55.8 Å². The van der Waals surface area contributed by atoms with Gasteiger partial charge in [0.2, 0.25) is 0 Å². The Morgan fingerprint density at radius 2 is 1.96 bits per heavy atom. The number of halogens is 2. The molecule has 1 fully saturated rings. The SMILES string of the molecule is CCOc1cc(C=C2SC(=S)N(Cc3ccccc3)C2=O)c(Br)c(Br)c1O. The Balaban J connectivity index is 1.92. The van der Waals surface area contributed by atoms with Crippen LogP contribution in [0.15, 0.2) is 50.2 Å². The molecule has 4 nitrogen and oxygen atoms in total. The highest BCUT2D eigenvalue weighted by atomic mass is 79.9. The first-order chi connectivity index (χ1) is 12.9. The maximum atomic E-state index is 12.8. The minimum Gasteiger partial charge on any atom is -0.503 e.